The quantitative estimate of drug-likeness (QED) is 0.854. The fraction of sp³-hybridized carbons (Fsp3) is 0.600. The zero-order chi connectivity index (χ0) is 10.7. The molecule has 2 rings (SSSR count). The number of carboxylic acid groups (broad SMARTS) is 1. The van der Waals surface area contributed by atoms with E-state index in [-0.39, 0.29) is 6.42 Å². The minimum Gasteiger partial charge on any atom is -0.481 e. The predicted molar refractivity (Wildman–Crippen MR) is 57.1 cm³/mol. The van der Waals surface area contributed by atoms with Gasteiger partial charge in [0, 0.05) is 11.7 Å². The van der Waals surface area contributed by atoms with Crippen LogP contribution in [0.1, 0.15) is 30.4 Å². The van der Waals surface area contributed by atoms with E-state index in [2.05, 4.69) is 4.98 Å². The van der Waals surface area contributed by atoms with Gasteiger partial charge in [-0.05, 0) is 18.6 Å². The maximum Gasteiger partial charge on any atom is 0.311 e. The van der Waals surface area contributed by atoms with E-state index in [1.54, 1.807) is 0 Å². The fourth-order valence-corrected chi connectivity index (χ4v) is 2.81. The second-order valence-corrected chi connectivity index (χ2v) is 4.80. The normalized spacial score (nSPS) is 21.5. The van der Waals surface area contributed by atoms with Crippen LogP contribution in [0.4, 0.5) is 0 Å². The topological polar surface area (TPSA) is 63.3 Å². The van der Waals surface area contributed by atoms with Crippen LogP contribution < -0.4 is 0 Å². The van der Waals surface area contributed by atoms with Crippen LogP contribution in [0.15, 0.2) is 10.6 Å². The third-order valence-corrected chi connectivity index (χ3v) is 3.62. The van der Waals surface area contributed by atoms with Gasteiger partial charge in [0.2, 0.25) is 0 Å². The van der Waals surface area contributed by atoms with Crippen molar-refractivity contribution in [3.8, 4) is 0 Å². The van der Waals surface area contributed by atoms with Crippen molar-refractivity contribution in [1.29, 1.82) is 0 Å². The molecule has 1 fully saturated rings. The van der Waals surface area contributed by atoms with Crippen molar-refractivity contribution in [3.05, 3.63) is 17.8 Å². The minimum atomic E-state index is -0.879. The van der Waals surface area contributed by atoms with E-state index < -0.39 is 5.97 Å². The molecule has 82 valence electrons. The summed E-state index contributed by atoms with van der Waals surface area (Å²) in [6, 6.07) is 0. The molecule has 1 aliphatic heterocycles. The second kappa shape index (κ2) is 4.70. The van der Waals surface area contributed by atoms with Crippen LogP contribution in [0.25, 0.3) is 0 Å². The number of nitrogens with zero attached hydrogens (tertiary/aromatic N) is 1. The number of hydrogen-bond acceptors (Lipinski definition) is 4. The Morgan fingerprint density at radius 1 is 1.73 bits per heavy atom. The summed E-state index contributed by atoms with van der Waals surface area (Å²) in [5.74, 6) is 2.89. The van der Waals surface area contributed by atoms with Crippen molar-refractivity contribution in [1.82, 2.24) is 4.98 Å². The summed E-state index contributed by atoms with van der Waals surface area (Å²) in [5, 5.41) is 8.59. The van der Waals surface area contributed by atoms with E-state index in [0.717, 1.165) is 12.2 Å². The first-order valence-corrected chi connectivity index (χ1v) is 6.15. The van der Waals surface area contributed by atoms with Crippen LogP contribution in [0.5, 0.6) is 0 Å². The first-order chi connectivity index (χ1) is 7.25. The summed E-state index contributed by atoms with van der Waals surface area (Å²) in [7, 11) is 0. The lowest BCUT2D eigenvalue weighted by Gasteiger charge is -2.17. The Balaban J connectivity index is 2.02. The van der Waals surface area contributed by atoms with Crippen molar-refractivity contribution < 1.29 is 14.3 Å². The van der Waals surface area contributed by atoms with E-state index in [0.29, 0.717) is 17.6 Å². The lowest BCUT2D eigenvalue weighted by Crippen LogP contribution is -2.08. The Morgan fingerprint density at radius 3 is 3.27 bits per heavy atom. The van der Waals surface area contributed by atoms with Crippen molar-refractivity contribution >= 4 is 17.7 Å². The standard InChI is InChI=1S/C10H13NO3S/c12-9(13)4-8-5-11-10(14-8)7-2-1-3-15-6-7/h5,7H,1-4,6H2,(H,12,13). The third-order valence-electron chi connectivity index (χ3n) is 2.41. The molecular weight excluding hydrogens is 214 g/mol. The molecule has 1 aromatic heterocycles. The van der Waals surface area contributed by atoms with Gasteiger partial charge < -0.3 is 9.52 Å². The summed E-state index contributed by atoms with van der Waals surface area (Å²) >= 11 is 1.90. The number of oxazole rings is 1. The highest BCUT2D eigenvalue weighted by Gasteiger charge is 2.21. The highest BCUT2D eigenvalue weighted by molar-refractivity contribution is 7.99. The van der Waals surface area contributed by atoms with Crippen LogP contribution in [0.3, 0.4) is 0 Å². The van der Waals surface area contributed by atoms with Gasteiger partial charge >= 0.3 is 5.97 Å². The van der Waals surface area contributed by atoms with Gasteiger partial charge in [0.15, 0.2) is 5.89 Å². The van der Waals surface area contributed by atoms with Crippen LogP contribution in [-0.4, -0.2) is 27.6 Å². The molecule has 15 heavy (non-hydrogen) atoms. The van der Waals surface area contributed by atoms with Crippen molar-refractivity contribution in [2.45, 2.75) is 25.2 Å². The van der Waals surface area contributed by atoms with Gasteiger partial charge in [0.05, 0.1) is 6.20 Å². The predicted octanol–water partition coefficient (Wildman–Crippen LogP) is 1.91. The average Bonchev–Trinajstić information content (AvgIpc) is 2.67. The fourth-order valence-electron chi connectivity index (χ4n) is 1.68. The number of carboxylic acids is 1. The SMILES string of the molecule is O=C(O)Cc1cnc(C2CCCSC2)o1. The van der Waals surface area contributed by atoms with E-state index in [1.807, 2.05) is 11.8 Å². The number of aromatic nitrogens is 1. The molecule has 1 atom stereocenters. The molecule has 1 unspecified atom stereocenters. The first kappa shape index (κ1) is 10.5. The van der Waals surface area contributed by atoms with Crippen molar-refractivity contribution in [2.75, 3.05) is 11.5 Å². The van der Waals surface area contributed by atoms with E-state index >= 15 is 0 Å². The molecule has 2 heterocycles. The summed E-state index contributed by atoms with van der Waals surface area (Å²) in [6.45, 7) is 0. The molecule has 0 amide bonds. The molecule has 0 saturated carbocycles. The number of carbonyl (C=O) groups is 1. The van der Waals surface area contributed by atoms with E-state index in [9.17, 15) is 4.79 Å². The van der Waals surface area contributed by atoms with E-state index in [1.165, 1.54) is 18.4 Å². The zero-order valence-electron chi connectivity index (χ0n) is 8.31. The van der Waals surface area contributed by atoms with Crippen LogP contribution in [-0.2, 0) is 11.2 Å². The lowest BCUT2D eigenvalue weighted by molar-refractivity contribution is -0.136. The van der Waals surface area contributed by atoms with Crippen LogP contribution >= 0.6 is 11.8 Å². The van der Waals surface area contributed by atoms with Gasteiger partial charge in [-0.2, -0.15) is 11.8 Å². The summed E-state index contributed by atoms with van der Waals surface area (Å²) in [5.41, 5.74) is 0. The average molecular weight is 227 g/mol. The Kier molecular flexibility index (Phi) is 3.30. The molecular formula is C10H13NO3S. The third kappa shape index (κ3) is 2.75. The number of rotatable bonds is 3. The Labute approximate surface area is 92.1 Å². The van der Waals surface area contributed by atoms with Gasteiger partial charge in [0.25, 0.3) is 0 Å². The van der Waals surface area contributed by atoms with Crippen LogP contribution in [0.2, 0.25) is 0 Å². The molecule has 5 heteroatoms. The van der Waals surface area contributed by atoms with Crippen molar-refractivity contribution in [2.24, 2.45) is 0 Å². The summed E-state index contributed by atoms with van der Waals surface area (Å²) < 4.78 is 5.43. The Bertz CT molecular complexity index is 344. The van der Waals surface area contributed by atoms with Gasteiger partial charge in [-0.1, -0.05) is 0 Å². The molecule has 0 aromatic carbocycles. The largest absolute Gasteiger partial charge is 0.481 e. The smallest absolute Gasteiger partial charge is 0.311 e. The van der Waals surface area contributed by atoms with Gasteiger partial charge in [-0.3, -0.25) is 4.79 Å². The highest BCUT2D eigenvalue weighted by Crippen LogP contribution is 2.30. The molecule has 0 radical (unpaired) electrons. The Morgan fingerprint density at radius 2 is 2.60 bits per heavy atom. The minimum absolute atomic E-state index is 0.0765. The molecule has 1 aromatic rings. The molecule has 0 spiro atoms. The monoisotopic (exact) mass is 227 g/mol. The zero-order valence-corrected chi connectivity index (χ0v) is 9.13. The van der Waals surface area contributed by atoms with Crippen molar-refractivity contribution in [3.63, 3.8) is 0 Å². The molecule has 1 N–H and O–H groups in total. The van der Waals surface area contributed by atoms with Gasteiger partial charge in [-0.15, -0.1) is 0 Å². The molecule has 0 aliphatic carbocycles. The first-order valence-electron chi connectivity index (χ1n) is 5.00. The molecule has 0 bridgehead atoms. The number of hydrogen-bond donors (Lipinski definition) is 1. The summed E-state index contributed by atoms with van der Waals surface area (Å²) in [6.07, 6.45) is 3.74. The molecule has 1 saturated heterocycles. The molecule has 1 aliphatic rings. The van der Waals surface area contributed by atoms with Gasteiger partial charge in [-0.25, -0.2) is 4.98 Å². The Hall–Kier alpha value is -0.970. The maximum absolute atomic E-state index is 10.5. The number of aliphatic carboxylic acids is 1. The van der Waals surface area contributed by atoms with Gasteiger partial charge in [0.1, 0.15) is 12.2 Å². The maximum atomic E-state index is 10.5. The number of thioether (sulfide) groups is 1. The van der Waals surface area contributed by atoms with E-state index in [4.69, 9.17) is 9.52 Å². The van der Waals surface area contributed by atoms with Crippen LogP contribution in [0, 0.1) is 0 Å². The lowest BCUT2D eigenvalue weighted by atomic mass is 10.1. The highest BCUT2D eigenvalue weighted by atomic mass is 32.2. The summed E-state index contributed by atoms with van der Waals surface area (Å²) in [4.78, 5) is 14.6. The molecule has 4 nitrogen and oxygen atoms in total. The second-order valence-electron chi connectivity index (χ2n) is 3.65.